The van der Waals surface area contributed by atoms with Gasteiger partial charge >= 0.3 is 0 Å². The molecule has 0 atom stereocenters. The van der Waals surface area contributed by atoms with Crippen LogP contribution in [0, 0.1) is 17.8 Å². The van der Waals surface area contributed by atoms with E-state index in [1.165, 1.54) is 16.8 Å². The van der Waals surface area contributed by atoms with E-state index in [2.05, 4.69) is 21.1 Å². The number of benzene rings is 1. The molecule has 0 aliphatic heterocycles. The van der Waals surface area contributed by atoms with Gasteiger partial charge in [0, 0.05) is 18.0 Å². The van der Waals surface area contributed by atoms with Gasteiger partial charge in [0.1, 0.15) is 5.65 Å². The van der Waals surface area contributed by atoms with Crippen molar-refractivity contribution in [1.82, 2.24) is 24.4 Å². The molecule has 28 heavy (non-hydrogen) atoms. The molecule has 4 aromatic rings. The van der Waals surface area contributed by atoms with Crippen molar-refractivity contribution in [1.29, 1.82) is 5.41 Å². The average molecular weight is 397 g/mol. The van der Waals surface area contributed by atoms with Crippen LogP contribution in [0.2, 0.25) is 0 Å². The second kappa shape index (κ2) is 7.58. The summed E-state index contributed by atoms with van der Waals surface area (Å²) in [5, 5.41) is 17.4. The summed E-state index contributed by atoms with van der Waals surface area (Å²) in [6.45, 7) is 2.78. The summed E-state index contributed by atoms with van der Waals surface area (Å²) in [5.41, 5.74) is 2.91. The molecule has 4 rings (SSSR count). The van der Waals surface area contributed by atoms with Crippen LogP contribution in [0.3, 0.4) is 0 Å². The van der Waals surface area contributed by atoms with E-state index in [1.54, 1.807) is 6.20 Å². The normalized spacial score (nSPS) is 10.6. The fourth-order valence-electron chi connectivity index (χ4n) is 3.00. The van der Waals surface area contributed by atoms with Gasteiger partial charge in [-0.2, -0.15) is 14.7 Å². The Morgan fingerprint density at radius 3 is 2.89 bits per heavy atom. The maximum Gasteiger partial charge on any atom is 0.274 e. The minimum Gasteiger partial charge on any atom is -0.464 e. The molecule has 142 valence electrons. The molecular formula is C19H17ClN6O2. The lowest BCUT2D eigenvalue weighted by Gasteiger charge is -2.06. The molecule has 8 nitrogen and oxygen atoms in total. The number of aromatic nitrogens is 5. The zero-order chi connectivity index (χ0) is 19.0. The zero-order valence-electron chi connectivity index (χ0n) is 15.0. The minimum atomic E-state index is -0.306. The molecule has 0 aliphatic carbocycles. The molecule has 0 amide bonds. The van der Waals surface area contributed by atoms with Gasteiger partial charge in [-0.25, -0.2) is 0 Å². The minimum absolute atomic E-state index is 0. The van der Waals surface area contributed by atoms with Gasteiger partial charge < -0.3 is 9.72 Å². The highest BCUT2D eigenvalue weighted by atomic mass is 35.5. The molecule has 0 fully saturated rings. The van der Waals surface area contributed by atoms with E-state index in [1.807, 2.05) is 29.8 Å². The Kier molecular flexibility index (Phi) is 5.20. The van der Waals surface area contributed by atoms with Crippen LogP contribution in [0.5, 0.6) is 0 Å². The van der Waals surface area contributed by atoms with Crippen molar-refractivity contribution < 1.29 is 4.74 Å². The molecule has 9 heteroatoms. The summed E-state index contributed by atoms with van der Waals surface area (Å²) in [6, 6.07) is 7.33. The lowest BCUT2D eigenvalue weighted by atomic mass is 10.1. The van der Waals surface area contributed by atoms with E-state index in [4.69, 9.17) is 16.6 Å². The van der Waals surface area contributed by atoms with E-state index < -0.39 is 0 Å². The molecule has 0 saturated carbocycles. The van der Waals surface area contributed by atoms with E-state index in [0.717, 1.165) is 23.0 Å². The average Bonchev–Trinajstić information content (AvgIpc) is 3.29. The van der Waals surface area contributed by atoms with Gasteiger partial charge in [0.05, 0.1) is 29.2 Å². The van der Waals surface area contributed by atoms with Gasteiger partial charge in [-0.1, -0.05) is 12.0 Å². The van der Waals surface area contributed by atoms with Gasteiger partial charge in [-0.3, -0.25) is 14.9 Å². The quantitative estimate of drug-likeness (QED) is 0.314. The van der Waals surface area contributed by atoms with Crippen LogP contribution >= 0.6 is 12.4 Å². The van der Waals surface area contributed by atoms with Crippen LogP contribution in [-0.4, -0.2) is 36.9 Å². The maximum absolute atomic E-state index is 12.5. The number of hydrogen-bond donors (Lipinski definition) is 2. The fourth-order valence-corrected chi connectivity index (χ4v) is 3.00. The maximum atomic E-state index is 12.5. The smallest absolute Gasteiger partial charge is 0.274 e. The van der Waals surface area contributed by atoms with E-state index in [-0.39, 0.29) is 30.5 Å². The summed E-state index contributed by atoms with van der Waals surface area (Å²) in [4.78, 5) is 15.6. The molecule has 0 unspecified atom stereocenters. The van der Waals surface area contributed by atoms with Crippen molar-refractivity contribution in [3.05, 3.63) is 52.6 Å². The first-order valence-electron chi connectivity index (χ1n) is 8.34. The first-order chi connectivity index (χ1) is 13.1. The number of aromatic amines is 1. The molecule has 3 heterocycles. The third kappa shape index (κ3) is 3.12. The Morgan fingerprint density at radius 1 is 1.32 bits per heavy atom. The molecule has 0 aliphatic rings. The molecular weight excluding hydrogens is 380 g/mol. The van der Waals surface area contributed by atoms with E-state index in [9.17, 15) is 4.79 Å². The van der Waals surface area contributed by atoms with E-state index >= 15 is 0 Å². The van der Waals surface area contributed by atoms with E-state index in [0.29, 0.717) is 16.9 Å². The van der Waals surface area contributed by atoms with Crippen molar-refractivity contribution in [3.8, 4) is 23.6 Å². The summed E-state index contributed by atoms with van der Waals surface area (Å²) >= 11 is 0. The predicted octanol–water partition coefficient (Wildman–Crippen LogP) is 2.46. The molecule has 0 radical (unpaired) electrons. The number of halogens is 1. The molecule has 0 spiro atoms. The molecule has 0 bridgehead atoms. The fraction of sp³-hybridized carbons (Fsp3) is 0.158. The molecule has 3 aromatic heterocycles. The Bertz CT molecular complexity index is 1280. The number of H-pyrrole nitrogens is 1. The van der Waals surface area contributed by atoms with Crippen LogP contribution in [0.1, 0.15) is 12.5 Å². The first-order valence-corrected chi connectivity index (χ1v) is 8.34. The molecule has 2 N–H and O–H groups in total. The number of fused-ring (bicyclic) bond motifs is 2. The number of nitrogens with one attached hydrogen (secondary N) is 2. The predicted molar refractivity (Wildman–Crippen MR) is 109 cm³/mol. The Balaban J connectivity index is 0.00000225. The van der Waals surface area contributed by atoms with Crippen LogP contribution in [0.15, 0.2) is 41.5 Å². The molecule has 1 aromatic carbocycles. The Hall–Kier alpha value is -3.57. The highest BCUT2D eigenvalue weighted by Gasteiger charge is 2.15. The SMILES string of the molecule is C#CCOC(=N)c1cnn2c(=O)cc(-c3ccc4c(cnn4CC)c3)[nH]c12.Cl. The summed E-state index contributed by atoms with van der Waals surface area (Å²) in [5.74, 6) is 2.17. The third-order valence-electron chi connectivity index (χ3n) is 4.30. The highest BCUT2D eigenvalue weighted by Crippen LogP contribution is 2.23. The van der Waals surface area contributed by atoms with Crippen molar-refractivity contribution in [2.75, 3.05) is 6.61 Å². The Labute approximate surface area is 166 Å². The van der Waals surface area contributed by atoms with Crippen LogP contribution in [0.4, 0.5) is 0 Å². The second-order valence-electron chi connectivity index (χ2n) is 5.90. The lowest BCUT2D eigenvalue weighted by Crippen LogP contribution is -2.15. The van der Waals surface area contributed by atoms with Crippen LogP contribution < -0.4 is 5.56 Å². The first kappa shape index (κ1) is 19.2. The summed E-state index contributed by atoms with van der Waals surface area (Å²) < 4.78 is 8.26. The van der Waals surface area contributed by atoms with Gasteiger partial charge in [0.2, 0.25) is 5.90 Å². The number of aryl methyl sites for hydroxylation is 1. The third-order valence-corrected chi connectivity index (χ3v) is 4.30. The van der Waals surface area contributed by atoms with Crippen LogP contribution in [-0.2, 0) is 11.3 Å². The number of nitrogens with zero attached hydrogens (tertiary/aromatic N) is 4. The standard InChI is InChI=1S/C19H16N6O2.ClH/c1-3-7-27-18(20)14-11-22-25-17(26)9-15(23-19(14)25)12-5-6-16-13(8-12)10-21-24(16)4-2;/h1,5-6,8-11,20,23H,4,7H2,2H3;1H. The van der Waals surface area contributed by atoms with Crippen molar-refractivity contribution in [3.63, 3.8) is 0 Å². The highest BCUT2D eigenvalue weighted by molar-refractivity contribution is 5.97. The lowest BCUT2D eigenvalue weighted by molar-refractivity contribution is 0.356. The summed E-state index contributed by atoms with van der Waals surface area (Å²) in [6.07, 6.45) is 8.37. The van der Waals surface area contributed by atoms with Gasteiger partial charge in [0.25, 0.3) is 5.56 Å². The van der Waals surface area contributed by atoms with Crippen molar-refractivity contribution in [2.45, 2.75) is 13.5 Å². The van der Waals surface area contributed by atoms with Gasteiger partial charge in [0.15, 0.2) is 6.61 Å². The number of terminal acetylenes is 1. The monoisotopic (exact) mass is 396 g/mol. The number of hydrogen-bond acceptors (Lipinski definition) is 5. The Morgan fingerprint density at radius 2 is 2.14 bits per heavy atom. The second-order valence-corrected chi connectivity index (χ2v) is 5.90. The summed E-state index contributed by atoms with van der Waals surface area (Å²) in [7, 11) is 0. The van der Waals surface area contributed by atoms with Crippen molar-refractivity contribution >= 4 is 34.9 Å². The van der Waals surface area contributed by atoms with Crippen molar-refractivity contribution in [2.24, 2.45) is 0 Å². The largest absolute Gasteiger partial charge is 0.464 e. The van der Waals surface area contributed by atoms with Crippen LogP contribution in [0.25, 0.3) is 27.8 Å². The zero-order valence-corrected chi connectivity index (χ0v) is 15.8. The molecule has 0 saturated heterocycles. The topological polar surface area (TPSA) is 101 Å². The van der Waals surface area contributed by atoms with Gasteiger partial charge in [-0.15, -0.1) is 18.8 Å². The number of rotatable bonds is 4. The number of ether oxygens (including phenoxy) is 1. The van der Waals surface area contributed by atoms with Gasteiger partial charge in [-0.05, 0) is 24.6 Å².